The van der Waals surface area contributed by atoms with Crippen molar-refractivity contribution in [3.05, 3.63) is 41.7 Å². The van der Waals surface area contributed by atoms with E-state index < -0.39 is 0 Å². The minimum absolute atomic E-state index is 0.0175. The zero-order chi connectivity index (χ0) is 17.5. The van der Waals surface area contributed by atoms with Crippen molar-refractivity contribution in [2.45, 2.75) is 39.2 Å². The number of benzene rings is 1. The van der Waals surface area contributed by atoms with Crippen LogP contribution in [0.5, 0.6) is 5.75 Å². The molecule has 1 heterocycles. The summed E-state index contributed by atoms with van der Waals surface area (Å²) in [5.41, 5.74) is 8.00. The third kappa shape index (κ3) is 4.35. The van der Waals surface area contributed by atoms with Gasteiger partial charge in [-0.25, -0.2) is 4.68 Å². The van der Waals surface area contributed by atoms with Gasteiger partial charge in [-0.05, 0) is 37.1 Å². The van der Waals surface area contributed by atoms with Gasteiger partial charge in [-0.1, -0.05) is 25.8 Å². The second kappa shape index (κ2) is 8.49. The largest absolute Gasteiger partial charge is 0.494 e. The van der Waals surface area contributed by atoms with Gasteiger partial charge in [0, 0.05) is 18.8 Å². The monoisotopic (exact) mass is 330 g/mol. The fourth-order valence-corrected chi connectivity index (χ4v) is 2.52. The lowest BCUT2D eigenvalue weighted by atomic mass is 10.1. The van der Waals surface area contributed by atoms with Gasteiger partial charge in [0.1, 0.15) is 11.4 Å². The molecule has 2 aromatic rings. The topological polar surface area (TPSA) is 82.2 Å². The number of nitrogens with zero attached hydrogens (tertiary/aromatic N) is 2. The number of aryl methyl sites for hydroxylation is 1. The molecule has 1 atom stereocenters. The second-order valence-electron chi connectivity index (χ2n) is 5.87. The highest BCUT2D eigenvalue weighted by molar-refractivity contribution is 5.92. The average Bonchev–Trinajstić information content (AvgIpc) is 3.08. The highest BCUT2D eigenvalue weighted by atomic mass is 16.5. The Balaban J connectivity index is 2.15. The predicted octanol–water partition coefficient (Wildman–Crippen LogP) is 2.44. The van der Waals surface area contributed by atoms with Crippen LogP contribution in [0.3, 0.4) is 0 Å². The molecule has 24 heavy (non-hydrogen) atoms. The van der Waals surface area contributed by atoms with Crippen molar-refractivity contribution in [2.24, 2.45) is 5.73 Å². The van der Waals surface area contributed by atoms with Gasteiger partial charge in [0.15, 0.2) is 5.69 Å². The molecule has 0 aliphatic carbocycles. The molecule has 3 N–H and O–H groups in total. The molecule has 6 nitrogen and oxygen atoms in total. The van der Waals surface area contributed by atoms with E-state index in [1.165, 1.54) is 0 Å². The van der Waals surface area contributed by atoms with Crippen LogP contribution in [0.1, 0.15) is 42.2 Å². The summed E-state index contributed by atoms with van der Waals surface area (Å²) in [6, 6.07) is 7.51. The second-order valence-corrected chi connectivity index (χ2v) is 5.87. The molecule has 1 amide bonds. The van der Waals surface area contributed by atoms with Crippen LogP contribution in [0.2, 0.25) is 0 Å². The lowest BCUT2D eigenvalue weighted by Crippen LogP contribution is -2.40. The van der Waals surface area contributed by atoms with Gasteiger partial charge in [-0.2, -0.15) is 5.10 Å². The average molecular weight is 330 g/mol. The Morgan fingerprint density at radius 1 is 1.42 bits per heavy atom. The summed E-state index contributed by atoms with van der Waals surface area (Å²) in [7, 11) is 1.62. The first-order valence-corrected chi connectivity index (χ1v) is 8.30. The molecule has 0 saturated carbocycles. The Hall–Kier alpha value is -2.34. The molecular weight excluding hydrogens is 304 g/mol. The van der Waals surface area contributed by atoms with E-state index in [1.54, 1.807) is 24.1 Å². The number of hydrogen-bond donors (Lipinski definition) is 2. The summed E-state index contributed by atoms with van der Waals surface area (Å²) < 4.78 is 7.03. The van der Waals surface area contributed by atoms with Crippen LogP contribution < -0.4 is 15.8 Å². The van der Waals surface area contributed by atoms with Gasteiger partial charge in [0.25, 0.3) is 5.91 Å². The van der Waals surface area contributed by atoms with Gasteiger partial charge in [0.2, 0.25) is 0 Å². The molecule has 0 spiro atoms. The first-order valence-electron chi connectivity index (χ1n) is 8.30. The van der Waals surface area contributed by atoms with Crippen LogP contribution in [-0.2, 0) is 0 Å². The van der Waals surface area contributed by atoms with Crippen molar-refractivity contribution in [3.63, 3.8) is 0 Å². The molecular formula is C18H26N4O2. The first-order chi connectivity index (χ1) is 11.6. The van der Waals surface area contributed by atoms with Gasteiger partial charge in [-0.3, -0.25) is 4.79 Å². The third-order valence-corrected chi connectivity index (χ3v) is 3.93. The molecule has 0 saturated heterocycles. The SMILES string of the molecule is CCCCC(CN)NC(=O)c1ccn(-c2cc(C)ccc2OC)n1. The maximum Gasteiger partial charge on any atom is 0.272 e. The zero-order valence-corrected chi connectivity index (χ0v) is 14.6. The Kier molecular flexibility index (Phi) is 6.37. The minimum Gasteiger partial charge on any atom is -0.494 e. The van der Waals surface area contributed by atoms with Crippen molar-refractivity contribution in [2.75, 3.05) is 13.7 Å². The number of rotatable bonds is 8. The number of nitrogens with one attached hydrogen (secondary N) is 1. The van der Waals surface area contributed by atoms with E-state index in [-0.39, 0.29) is 11.9 Å². The number of carbonyl (C=O) groups is 1. The van der Waals surface area contributed by atoms with Crippen LogP contribution in [0.15, 0.2) is 30.5 Å². The molecule has 1 aromatic heterocycles. The van der Waals surface area contributed by atoms with E-state index in [0.29, 0.717) is 18.0 Å². The number of hydrogen-bond acceptors (Lipinski definition) is 4. The third-order valence-electron chi connectivity index (χ3n) is 3.93. The number of carbonyl (C=O) groups excluding carboxylic acids is 1. The van der Waals surface area contributed by atoms with Crippen LogP contribution >= 0.6 is 0 Å². The van der Waals surface area contributed by atoms with Gasteiger partial charge >= 0.3 is 0 Å². The molecule has 0 bridgehead atoms. The van der Waals surface area contributed by atoms with E-state index in [1.807, 2.05) is 25.1 Å². The van der Waals surface area contributed by atoms with Gasteiger partial charge in [0.05, 0.1) is 7.11 Å². The van der Waals surface area contributed by atoms with Crippen molar-refractivity contribution in [3.8, 4) is 11.4 Å². The van der Waals surface area contributed by atoms with E-state index >= 15 is 0 Å². The Morgan fingerprint density at radius 3 is 2.88 bits per heavy atom. The highest BCUT2D eigenvalue weighted by Crippen LogP contribution is 2.23. The zero-order valence-electron chi connectivity index (χ0n) is 14.6. The number of methoxy groups -OCH3 is 1. The maximum atomic E-state index is 12.4. The molecule has 1 unspecified atom stereocenters. The molecule has 2 rings (SSSR count). The summed E-state index contributed by atoms with van der Waals surface area (Å²) in [5, 5.41) is 7.33. The maximum absolute atomic E-state index is 12.4. The summed E-state index contributed by atoms with van der Waals surface area (Å²) in [5.74, 6) is 0.505. The van der Waals surface area contributed by atoms with E-state index in [2.05, 4.69) is 17.3 Å². The summed E-state index contributed by atoms with van der Waals surface area (Å²) >= 11 is 0. The smallest absolute Gasteiger partial charge is 0.272 e. The van der Waals surface area contributed by atoms with Crippen LogP contribution in [0.4, 0.5) is 0 Å². The minimum atomic E-state index is -0.202. The number of unbranched alkanes of at least 4 members (excludes halogenated alkanes) is 1. The first kappa shape index (κ1) is 18.0. The van der Waals surface area contributed by atoms with Crippen molar-refractivity contribution >= 4 is 5.91 Å². The Morgan fingerprint density at radius 2 is 2.21 bits per heavy atom. The molecule has 0 fully saturated rings. The van der Waals surface area contributed by atoms with Gasteiger partial charge in [-0.15, -0.1) is 0 Å². The van der Waals surface area contributed by atoms with E-state index in [9.17, 15) is 4.79 Å². The Labute approximate surface area is 143 Å². The molecule has 6 heteroatoms. The standard InChI is InChI=1S/C18H26N4O2/c1-4-5-6-14(12-19)20-18(23)15-9-10-22(21-15)16-11-13(2)7-8-17(16)24-3/h7-11,14H,4-6,12,19H2,1-3H3,(H,20,23). The molecule has 0 aliphatic heterocycles. The highest BCUT2D eigenvalue weighted by Gasteiger charge is 2.16. The molecule has 1 aromatic carbocycles. The molecule has 130 valence electrons. The normalized spacial score (nSPS) is 12.0. The van der Waals surface area contributed by atoms with Crippen LogP contribution in [-0.4, -0.2) is 35.4 Å². The van der Waals surface area contributed by atoms with E-state index in [4.69, 9.17) is 10.5 Å². The number of nitrogens with two attached hydrogens (primary N) is 1. The lowest BCUT2D eigenvalue weighted by Gasteiger charge is -2.15. The Bertz CT molecular complexity index is 681. The molecule has 0 aliphatic rings. The van der Waals surface area contributed by atoms with Gasteiger partial charge < -0.3 is 15.8 Å². The van der Waals surface area contributed by atoms with E-state index in [0.717, 1.165) is 30.5 Å². The molecule has 0 radical (unpaired) electrons. The summed E-state index contributed by atoms with van der Waals surface area (Å²) in [4.78, 5) is 12.4. The summed E-state index contributed by atoms with van der Waals surface area (Å²) in [6.45, 7) is 4.55. The lowest BCUT2D eigenvalue weighted by molar-refractivity contribution is 0.0930. The van der Waals surface area contributed by atoms with Crippen LogP contribution in [0, 0.1) is 6.92 Å². The number of amides is 1. The van der Waals surface area contributed by atoms with Crippen molar-refractivity contribution < 1.29 is 9.53 Å². The quantitative estimate of drug-likeness (QED) is 0.779. The van der Waals surface area contributed by atoms with Crippen LogP contribution in [0.25, 0.3) is 5.69 Å². The number of ether oxygens (including phenoxy) is 1. The predicted molar refractivity (Wildman–Crippen MR) is 94.7 cm³/mol. The van der Waals surface area contributed by atoms with Crippen molar-refractivity contribution in [1.29, 1.82) is 0 Å². The van der Waals surface area contributed by atoms with Crippen molar-refractivity contribution in [1.82, 2.24) is 15.1 Å². The summed E-state index contributed by atoms with van der Waals surface area (Å²) in [6.07, 6.45) is 4.76. The fourth-order valence-electron chi connectivity index (χ4n) is 2.52. The number of aromatic nitrogens is 2. The fraction of sp³-hybridized carbons (Fsp3) is 0.444.